The first-order chi connectivity index (χ1) is 8.70. The SMILES string of the molecule is CCOc1nc(OC2CCCCC2C)ccc1N. The highest BCUT2D eigenvalue weighted by atomic mass is 16.5. The van der Waals surface area contributed by atoms with E-state index in [0.717, 1.165) is 6.42 Å². The Kier molecular flexibility index (Phi) is 4.28. The molecule has 0 saturated heterocycles. The largest absolute Gasteiger partial charge is 0.476 e. The molecule has 0 aliphatic heterocycles. The van der Waals surface area contributed by atoms with E-state index in [1.54, 1.807) is 6.07 Å². The molecule has 4 nitrogen and oxygen atoms in total. The van der Waals surface area contributed by atoms with Crippen LogP contribution in [-0.4, -0.2) is 17.7 Å². The summed E-state index contributed by atoms with van der Waals surface area (Å²) in [6.45, 7) is 4.71. The van der Waals surface area contributed by atoms with Crippen LogP contribution in [0.3, 0.4) is 0 Å². The molecule has 1 saturated carbocycles. The third-order valence-corrected chi connectivity index (χ3v) is 3.45. The maximum absolute atomic E-state index is 5.96. The summed E-state index contributed by atoms with van der Waals surface area (Å²) in [7, 11) is 0. The van der Waals surface area contributed by atoms with Gasteiger partial charge in [-0.25, -0.2) is 0 Å². The molecule has 1 heterocycles. The molecule has 2 N–H and O–H groups in total. The molecule has 1 aliphatic rings. The van der Waals surface area contributed by atoms with Crippen LogP contribution in [0, 0.1) is 5.92 Å². The maximum Gasteiger partial charge on any atom is 0.240 e. The predicted molar refractivity (Wildman–Crippen MR) is 71.9 cm³/mol. The Morgan fingerprint density at radius 3 is 2.83 bits per heavy atom. The molecule has 1 aromatic heterocycles. The van der Waals surface area contributed by atoms with Crippen LogP contribution in [0.2, 0.25) is 0 Å². The van der Waals surface area contributed by atoms with Crippen molar-refractivity contribution in [3.63, 3.8) is 0 Å². The van der Waals surface area contributed by atoms with Gasteiger partial charge in [-0.1, -0.05) is 13.3 Å². The number of nitrogens with two attached hydrogens (primary N) is 1. The van der Waals surface area contributed by atoms with Crippen LogP contribution < -0.4 is 15.2 Å². The van der Waals surface area contributed by atoms with Crippen LogP contribution in [0.5, 0.6) is 11.8 Å². The van der Waals surface area contributed by atoms with Crippen molar-refractivity contribution in [3.05, 3.63) is 12.1 Å². The molecule has 18 heavy (non-hydrogen) atoms. The van der Waals surface area contributed by atoms with Crippen molar-refractivity contribution in [1.29, 1.82) is 0 Å². The quantitative estimate of drug-likeness (QED) is 0.892. The van der Waals surface area contributed by atoms with Crippen molar-refractivity contribution >= 4 is 5.69 Å². The molecular formula is C14H22N2O2. The minimum atomic E-state index is 0.268. The summed E-state index contributed by atoms with van der Waals surface area (Å²) in [5.41, 5.74) is 6.35. The molecule has 0 spiro atoms. The Morgan fingerprint density at radius 2 is 2.11 bits per heavy atom. The normalized spacial score (nSPS) is 23.7. The average Bonchev–Trinajstić information content (AvgIpc) is 2.36. The molecule has 0 radical (unpaired) electrons. The summed E-state index contributed by atoms with van der Waals surface area (Å²) in [6.07, 6.45) is 5.15. The summed E-state index contributed by atoms with van der Waals surface area (Å²) in [5, 5.41) is 0. The van der Waals surface area contributed by atoms with Gasteiger partial charge in [-0.3, -0.25) is 0 Å². The van der Waals surface area contributed by atoms with Crippen LogP contribution in [0.25, 0.3) is 0 Å². The number of aromatic nitrogens is 1. The number of rotatable bonds is 4. The third-order valence-electron chi connectivity index (χ3n) is 3.45. The second-order valence-corrected chi connectivity index (χ2v) is 4.89. The second kappa shape index (κ2) is 5.94. The summed E-state index contributed by atoms with van der Waals surface area (Å²) in [4.78, 5) is 4.32. The Morgan fingerprint density at radius 1 is 1.33 bits per heavy atom. The lowest BCUT2D eigenvalue weighted by molar-refractivity contribution is 0.0967. The molecule has 1 fully saturated rings. The highest BCUT2D eigenvalue weighted by Gasteiger charge is 2.23. The van der Waals surface area contributed by atoms with Crippen LogP contribution in [0.15, 0.2) is 12.1 Å². The highest BCUT2D eigenvalue weighted by Crippen LogP contribution is 2.29. The highest BCUT2D eigenvalue weighted by molar-refractivity contribution is 5.49. The number of pyridine rings is 1. The fraction of sp³-hybridized carbons (Fsp3) is 0.643. The number of ether oxygens (including phenoxy) is 2. The minimum Gasteiger partial charge on any atom is -0.476 e. The van der Waals surface area contributed by atoms with Crippen LogP contribution >= 0.6 is 0 Å². The fourth-order valence-electron chi connectivity index (χ4n) is 2.36. The van der Waals surface area contributed by atoms with E-state index in [2.05, 4.69) is 11.9 Å². The first-order valence-corrected chi connectivity index (χ1v) is 6.76. The van der Waals surface area contributed by atoms with Crippen molar-refractivity contribution in [1.82, 2.24) is 4.98 Å². The summed E-state index contributed by atoms with van der Waals surface area (Å²) < 4.78 is 11.3. The Hall–Kier alpha value is -1.45. The second-order valence-electron chi connectivity index (χ2n) is 4.89. The van der Waals surface area contributed by atoms with Gasteiger partial charge in [0.1, 0.15) is 6.10 Å². The van der Waals surface area contributed by atoms with E-state index in [1.807, 2.05) is 13.0 Å². The third kappa shape index (κ3) is 3.06. The van der Waals surface area contributed by atoms with E-state index in [-0.39, 0.29) is 6.10 Å². The van der Waals surface area contributed by atoms with Gasteiger partial charge in [-0.15, -0.1) is 0 Å². The Bertz CT molecular complexity index is 395. The van der Waals surface area contributed by atoms with Crippen molar-refractivity contribution in [2.45, 2.75) is 45.6 Å². The maximum atomic E-state index is 5.96. The van der Waals surface area contributed by atoms with Crippen LogP contribution in [-0.2, 0) is 0 Å². The first-order valence-electron chi connectivity index (χ1n) is 6.76. The molecule has 100 valence electrons. The van der Waals surface area contributed by atoms with Crippen molar-refractivity contribution in [2.75, 3.05) is 12.3 Å². The molecule has 2 rings (SSSR count). The zero-order valence-electron chi connectivity index (χ0n) is 11.2. The van der Waals surface area contributed by atoms with Gasteiger partial charge in [0, 0.05) is 6.07 Å². The molecule has 0 amide bonds. The van der Waals surface area contributed by atoms with Gasteiger partial charge < -0.3 is 15.2 Å². The number of nitrogen functional groups attached to an aromatic ring is 1. The molecule has 4 heteroatoms. The number of anilines is 1. The van der Waals surface area contributed by atoms with Crippen LogP contribution in [0.1, 0.15) is 39.5 Å². The van der Waals surface area contributed by atoms with Gasteiger partial charge >= 0.3 is 0 Å². The van der Waals surface area contributed by atoms with Gasteiger partial charge in [0.15, 0.2) is 0 Å². The van der Waals surface area contributed by atoms with Gasteiger partial charge in [0.05, 0.1) is 12.3 Å². The van der Waals surface area contributed by atoms with Crippen molar-refractivity contribution < 1.29 is 9.47 Å². The van der Waals surface area contributed by atoms with E-state index in [4.69, 9.17) is 15.2 Å². The zero-order chi connectivity index (χ0) is 13.0. The summed E-state index contributed by atoms with van der Waals surface area (Å²) >= 11 is 0. The minimum absolute atomic E-state index is 0.268. The first kappa shape index (κ1) is 13.0. The average molecular weight is 250 g/mol. The number of hydrogen-bond donors (Lipinski definition) is 1. The summed E-state index contributed by atoms with van der Waals surface area (Å²) in [6, 6.07) is 3.61. The molecule has 2 unspecified atom stereocenters. The van der Waals surface area contributed by atoms with E-state index < -0.39 is 0 Å². The Labute approximate surface area is 108 Å². The molecular weight excluding hydrogens is 228 g/mol. The molecule has 0 aromatic carbocycles. The van der Waals surface area contributed by atoms with E-state index in [0.29, 0.717) is 30.0 Å². The van der Waals surface area contributed by atoms with E-state index in [1.165, 1.54) is 19.3 Å². The fourth-order valence-corrected chi connectivity index (χ4v) is 2.36. The summed E-state index contributed by atoms with van der Waals surface area (Å²) in [5.74, 6) is 1.68. The van der Waals surface area contributed by atoms with Gasteiger partial charge in [0.2, 0.25) is 11.8 Å². The molecule has 1 aliphatic carbocycles. The lowest BCUT2D eigenvalue weighted by Gasteiger charge is -2.28. The molecule has 0 bridgehead atoms. The van der Waals surface area contributed by atoms with Crippen molar-refractivity contribution in [3.8, 4) is 11.8 Å². The zero-order valence-corrected chi connectivity index (χ0v) is 11.2. The number of hydrogen-bond acceptors (Lipinski definition) is 4. The van der Waals surface area contributed by atoms with E-state index >= 15 is 0 Å². The smallest absolute Gasteiger partial charge is 0.240 e. The lowest BCUT2D eigenvalue weighted by Crippen LogP contribution is -2.28. The Balaban J connectivity index is 2.06. The van der Waals surface area contributed by atoms with Gasteiger partial charge in [-0.05, 0) is 38.2 Å². The molecule has 2 atom stereocenters. The lowest BCUT2D eigenvalue weighted by atomic mass is 9.88. The molecule has 1 aromatic rings. The van der Waals surface area contributed by atoms with Crippen molar-refractivity contribution in [2.24, 2.45) is 5.92 Å². The topological polar surface area (TPSA) is 57.4 Å². The predicted octanol–water partition coefficient (Wildman–Crippen LogP) is 3.02. The monoisotopic (exact) mass is 250 g/mol. The van der Waals surface area contributed by atoms with E-state index in [9.17, 15) is 0 Å². The van der Waals surface area contributed by atoms with Gasteiger partial charge in [0.25, 0.3) is 0 Å². The van der Waals surface area contributed by atoms with Gasteiger partial charge in [-0.2, -0.15) is 4.98 Å². The standard InChI is InChI=1S/C14H22N2O2/c1-3-17-14-11(15)8-9-13(16-14)18-12-7-5-4-6-10(12)2/h8-10,12H,3-7,15H2,1-2H3. The number of nitrogens with zero attached hydrogens (tertiary/aromatic N) is 1. The van der Waals surface area contributed by atoms with Crippen LogP contribution in [0.4, 0.5) is 5.69 Å².